The Balaban J connectivity index is 1.94. The fourth-order valence-electron chi connectivity index (χ4n) is 3.25. The molecule has 0 aliphatic rings. The molecule has 0 unspecified atom stereocenters. The van der Waals surface area contributed by atoms with E-state index in [0.717, 1.165) is 5.52 Å². The summed E-state index contributed by atoms with van der Waals surface area (Å²) < 4.78 is 0. The summed E-state index contributed by atoms with van der Waals surface area (Å²) in [5.74, 6) is 0.554. The second-order valence-corrected chi connectivity index (χ2v) is 7.56. The third-order valence-corrected chi connectivity index (χ3v) is 5.25. The average molecular weight is 348 g/mol. The second-order valence-electron chi connectivity index (χ2n) is 7.56. The molecule has 3 nitrogen and oxygen atoms in total. The molecule has 2 aromatic carbocycles. The molecule has 3 rings (SSSR count). The number of carbonyl (C=O) groups excluding carboxylic acids is 1. The van der Waals surface area contributed by atoms with E-state index in [0.29, 0.717) is 12.3 Å². The zero-order valence-corrected chi connectivity index (χ0v) is 16.0. The van der Waals surface area contributed by atoms with Crippen LogP contribution in [0.3, 0.4) is 0 Å². The molecule has 0 radical (unpaired) electrons. The average Bonchev–Trinajstić information content (AvgIpc) is 3.04. The molecule has 0 bridgehead atoms. The summed E-state index contributed by atoms with van der Waals surface area (Å²) in [6, 6.07) is 17.0. The third kappa shape index (κ3) is 3.98. The molecule has 0 saturated carbocycles. The first-order valence-electron chi connectivity index (χ1n) is 9.37. The number of carbonyl (C=O) groups is 1. The van der Waals surface area contributed by atoms with Gasteiger partial charge in [-0.1, -0.05) is 61.9 Å². The minimum atomic E-state index is 0.0334. The van der Waals surface area contributed by atoms with Gasteiger partial charge in [-0.15, -0.1) is 0 Å². The number of amides is 1. The quantitative estimate of drug-likeness (QED) is 0.635. The van der Waals surface area contributed by atoms with Gasteiger partial charge in [0.25, 0.3) is 0 Å². The van der Waals surface area contributed by atoms with E-state index in [1.165, 1.54) is 22.1 Å². The minimum absolute atomic E-state index is 0.0334. The molecule has 2 N–H and O–H groups in total. The predicted molar refractivity (Wildman–Crippen MR) is 108 cm³/mol. The Labute approximate surface area is 155 Å². The highest BCUT2D eigenvalue weighted by atomic mass is 16.1. The highest BCUT2D eigenvalue weighted by Gasteiger charge is 2.22. The molecular formula is C23H28N2O. The normalized spacial score (nSPS) is 13.7. The molecule has 3 heteroatoms. The summed E-state index contributed by atoms with van der Waals surface area (Å²) >= 11 is 0. The van der Waals surface area contributed by atoms with Crippen LogP contribution >= 0.6 is 0 Å². The van der Waals surface area contributed by atoms with E-state index >= 15 is 0 Å². The number of H-pyrrole nitrogens is 1. The standard InChI is InChI=1S/C23H28N2O/c1-15(2)17(4)25-23(26)13-20(18-11-9-16(3)10-12-18)21-14-24-22-8-6-5-7-19(21)22/h5-12,14-15,17,20,24H,13H2,1-4H3,(H,25,26)/t17-,20+/m0/s1. The lowest BCUT2D eigenvalue weighted by Gasteiger charge is -2.21. The monoisotopic (exact) mass is 348 g/mol. The number of nitrogens with one attached hydrogen (secondary N) is 2. The summed E-state index contributed by atoms with van der Waals surface area (Å²) in [5.41, 5.74) is 4.68. The first kappa shape index (κ1) is 18.2. The van der Waals surface area contributed by atoms with Gasteiger partial charge in [-0.25, -0.2) is 0 Å². The first-order valence-corrected chi connectivity index (χ1v) is 9.37. The van der Waals surface area contributed by atoms with Crippen LogP contribution < -0.4 is 5.32 Å². The maximum absolute atomic E-state index is 12.7. The van der Waals surface area contributed by atoms with Crippen LogP contribution in [0.15, 0.2) is 54.7 Å². The van der Waals surface area contributed by atoms with E-state index in [1.54, 1.807) is 0 Å². The Morgan fingerprint density at radius 1 is 1.04 bits per heavy atom. The zero-order valence-electron chi connectivity index (χ0n) is 16.0. The Bertz CT molecular complexity index is 877. The van der Waals surface area contributed by atoms with Crippen molar-refractivity contribution in [1.29, 1.82) is 0 Å². The van der Waals surface area contributed by atoms with Gasteiger partial charge in [0.2, 0.25) is 5.91 Å². The summed E-state index contributed by atoms with van der Waals surface area (Å²) in [6.45, 7) is 8.40. The van der Waals surface area contributed by atoms with Crippen LogP contribution in [0.2, 0.25) is 0 Å². The lowest BCUT2D eigenvalue weighted by molar-refractivity contribution is -0.122. The summed E-state index contributed by atoms with van der Waals surface area (Å²) in [4.78, 5) is 16.1. The fraction of sp³-hybridized carbons (Fsp3) is 0.348. The van der Waals surface area contributed by atoms with E-state index < -0.39 is 0 Å². The van der Waals surface area contributed by atoms with Crippen LogP contribution in [-0.4, -0.2) is 16.9 Å². The predicted octanol–water partition coefficient (Wildman–Crippen LogP) is 5.16. The number of aromatic amines is 1. The topological polar surface area (TPSA) is 44.9 Å². The van der Waals surface area contributed by atoms with E-state index in [-0.39, 0.29) is 17.9 Å². The maximum Gasteiger partial charge on any atom is 0.221 e. The van der Waals surface area contributed by atoms with Gasteiger partial charge in [-0.3, -0.25) is 4.79 Å². The molecule has 1 amide bonds. The number of rotatable bonds is 6. The fourth-order valence-corrected chi connectivity index (χ4v) is 3.25. The van der Waals surface area contributed by atoms with Gasteiger partial charge in [0.15, 0.2) is 0 Å². The van der Waals surface area contributed by atoms with Crippen molar-refractivity contribution >= 4 is 16.8 Å². The molecule has 136 valence electrons. The van der Waals surface area contributed by atoms with Crippen molar-refractivity contribution in [2.45, 2.75) is 46.1 Å². The van der Waals surface area contributed by atoms with Gasteiger partial charge in [0.1, 0.15) is 0 Å². The summed E-state index contributed by atoms with van der Waals surface area (Å²) in [5, 5.41) is 4.33. The number of hydrogen-bond acceptors (Lipinski definition) is 1. The zero-order chi connectivity index (χ0) is 18.7. The van der Waals surface area contributed by atoms with Gasteiger partial charge < -0.3 is 10.3 Å². The number of para-hydroxylation sites is 1. The minimum Gasteiger partial charge on any atom is -0.361 e. The van der Waals surface area contributed by atoms with Crippen molar-refractivity contribution in [1.82, 2.24) is 10.3 Å². The number of aromatic nitrogens is 1. The molecule has 1 aromatic heterocycles. The SMILES string of the molecule is Cc1ccc([C@@H](CC(=O)N[C@@H](C)C(C)C)c2c[nH]c3ccccc23)cc1. The Morgan fingerprint density at radius 2 is 1.73 bits per heavy atom. The van der Waals surface area contributed by atoms with Crippen molar-refractivity contribution in [3.63, 3.8) is 0 Å². The van der Waals surface area contributed by atoms with E-state index in [1.807, 2.05) is 18.3 Å². The van der Waals surface area contributed by atoms with E-state index in [4.69, 9.17) is 0 Å². The third-order valence-electron chi connectivity index (χ3n) is 5.25. The van der Waals surface area contributed by atoms with Crippen LogP contribution in [0.1, 0.15) is 49.8 Å². The molecule has 1 heterocycles. The molecule has 3 aromatic rings. The van der Waals surface area contributed by atoms with Crippen molar-refractivity contribution in [2.75, 3.05) is 0 Å². The molecular weight excluding hydrogens is 320 g/mol. The van der Waals surface area contributed by atoms with Gasteiger partial charge in [-0.2, -0.15) is 0 Å². The summed E-state index contributed by atoms with van der Waals surface area (Å²) in [7, 11) is 0. The summed E-state index contributed by atoms with van der Waals surface area (Å²) in [6.07, 6.45) is 2.50. The van der Waals surface area contributed by atoms with Gasteiger partial charge >= 0.3 is 0 Å². The smallest absolute Gasteiger partial charge is 0.221 e. The van der Waals surface area contributed by atoms with Crippen LogP contribution in [0.25, 0.3) is 10.9 Å². The molecule has 0 spiro atoms. The Kier molecular flexibility index (Phi) is 5.46. The van der Waals surface area contributed by atoms with Gasteiger partial charge in [0, 0.05) is 35.5 Å². The van der Waals surface area contributed by atoms with Gasteiger partial charge in [0.05, 0.1) is 0 Å². The lowest BCUT2D eigenvalue weighted by atomic mass is 9.87. The van der Waals surface area contributed by atoms with Crippen molar-refractivity contribution in [2.24, 2.45) is 5.92 Å². The highest BCUT2D eigenvalue weighted by Crippen LogP contribution is 2.33. The largest absolute Gasteiger partial charge is 0.361 e. The molecule has 0 aliphatic carbocycles. The van der Waals surface area contributed by atoms with Crippen LogP contribution in [-0.2, 0) is 4.79 Å². The number of aryl methyl sites for hydroxylation is 1. The van der Waals surface area contributed by atoms with Gasteiger partial charge in [-0.05, 0) is 37.0 Å². The van der Waals surface area contributed by atoms with Crippen molar-refractivity contribution in [3.8, 4) is 0 Å². The molecule has 0 aliphatic heterocycles. The van der Waals surface area contributed by atoms with E-state index in [2.05, 4.69) is 74.4 Å². The van der Waals surface area contributed by atoms with Crippen LogP contribution in [0.4, 0.5) is 0 Å². The van der Waals surface area contributed by atoms with Crippen LogP contribution in [0.5, 0.6) is 0 Å². The Hall–Kier alpha value is -2.55. The molecule has 26 heavy (non-hydrogen) atoms. The van der Waals surface area contributed by atoms with Crippen molar-refractivity contribution in [3.05, 3.63) is 71.4 Å². The number of fused-ring (bicyclic) bond motifs is 1. The van der Waals surface area contributed by atoms with E-state index in [9.17, 15) is 4.79 Å². The lowest BCUT2D eigenvalue weighted by Crippen LogP contribution is -2.36. The number of hydrogen-bond donors (Lipinski definition) is 2. The van der Waals surface area contributed by atoms with Crippen molar-refractivity contribution < 1.29 is 4.79 Å². The highest BCUT2D eigenvalue weighted by molar-refractivity contribution is 5.86. The first-order chi connectivity index (χ1) is 12.5. The second kappa shape index (κ2) is 7.77. The molecule has 0 fully saturated rings. The number of benzene rings is 2. The molecule has 0 saturated heterocycles. The molecule has 2 atom stereocenters. The van der Waals surface area contributed by atoms with Crippen LogP contribution in [0, 0.1) is 12.8 Å². The Morgan fingerprint density at radius 3 is 2.42 bits per heavy atom. The maximum atomic E-state index is 12.7.